The van der Waals surface area contributed by atoms with Gasteiger partial charge in [-0.2, -0.15) is 13.2 Å². The van der Waals surface area contributed by atoms with Gasteiger partial charge in [0.1, 0.15) is 28.9 Å². The second-order valence-corrected chi connectivity index (χ2v) is 9.48. The Kier molecular flexibility index (Phi) is 4.94. The third-order valence-electron chi connectivity index (χ3n) is 6.64. The van der Waals surface area contributed by atoms with Gasteiger partial charge in [0.2, 0.25) is 5.88 Å². The van der Waals surface area contributed by atoms with Crippen LogP contribution < -0.4 is 16.4 Å². The molecule has 0 spiro atoms. The number of alkyl halides is 3. The van der Waals surface area contributed by atoms with Crippen molar-refractivity contribution in [1.82, 2.24) is 19.7 Å². The number of carbonyl (C=O) groups excluding carboxylic acids is 1. The van der Waals surface area contributed by atoms with Crippen molar-refractivity contribution in [2.45, 2.75) is 43.3 Å². The number of nitrogens with one attached hydrogen (secondary N) is 2. The predicted octanol–water partition coefficient (Wildman–Crippen LogP) is 5.89. The molecule has 4 N–H and O–H groups in total. The van der Waals surface area contributed by atoms with Crippen LogP contribution in [-0.4, -0.2) is 31.9 Å². The van der Waals surface area contributed by atoms with Crippen LogP contribution in [0.15, 0.2) is 41.3 Å². The Bertz CT molecular complexity index is 1510. The molecule has 0 unspecified atom stereocenters. The van der Waals surface area contributed by atoms with Crippen LogP contribution in [0.25, 0.3) is 22.2 Å². The zero-order valence-electron chi connectivity index (χ0n) is 18.6. The summed E-state index contributed by atoms with van der Waals surface area (Å²) in [6, 6.07) is 5.79. The normalized spacial score (nSPS) is 16.8. The van der Waals surface area contributed by atoms with Crippen molar-refractivity contribution in [3.8, 4) is 11.1 Å². The van der Waals surface area contributed by atoms with Crippen molar-refractivity contribution in [3.05, 3.63) is 47.5 Å². The number of anilines is 3. The molecule has 0 saturated heterocycles. The van der Waals surface area contributed by atoms with Gasteiger partial charge < -0.3 is 20.1 Å². The van der Waals surface area contributed by atoms with Crippen molar-refractivity contribution in [1.29, 1.82) is 0 Å². The summed E-state index contributed by atoms with van der Waals surface area (Å²) < 4.78 is 46.8. The van der Waals surface area contributed by atoms with E-state index in [1.165, 1.54) is 6.33 Å². The van der Waals surface area contributed by atoms with Gasteiger partial charge in [0.15, 0.2) is 0 Å². The second kappa shape index (κ2) is 7.85. The lowest BCUT2D eigenvalue weighted by molar-refractivity contribution is -0.161. The van der Waals surface area contributed by atoms with Gasteiger partial charge >= 0.3 is 12.2 Å². The highest BCUT2D eigenvalue weighted by Gasteiger charge is 2.66. The maximum atomic E-state index is 13.3. The first kappa shape index (κ1) is 22.7. The highest BCUT2D eigenvalue weighted by atomic mass is 35.5. The monoisotopic (exact) mass is 517 g/mol. The molecule has 0 radical (unpaired) electrons. The standard InChI is InChI=1S/C23H19ClF3N7O2/c24-14-7-11(13-9-34(12-2-3-12)20-18(13)19(28)29-10-30-20)1-4-15(14)31-21(35)32-17-8-16(33-36-17)22(5-6-22)23(25,26)27/h1,4,7-10,12H,2-3,5-6H2,(H2,28,29,30)(H2,31,32,35). The first-order valence-electron chi connectivity index (χ1n) is 11.2. The number of nitrogens with two attached hydrogens (primary N) is 1. The number of fused-ring (bicyclic) bond motifs is 1. The van der Waals surface area contributed by atoms with Crippen LogP contribution in [0.2, 0.25) is 5.02 Å². The van der Waals surface area contributed by atoms with Crippen LogP contribution >= 0.6 is 11.6 Å². The first-order valence-corrected chi connectivity index (χ1v) is 11.6. The Morgan fingerprint density at radius 2 is 1.97 bits per heavy atom. The van der Waals surface area contributed by atoms with E-state index in [1.807, 2.05) is 6.20 Å². The fourth-order valence-corrected chi connectivity index (χ4v) is 4.61. The SMILES string of the molecule is Nc1ncnc2c1c(-c1ccc(NC(=O)Nc3cc(C4(C(F)(F)F)CC4)no3)c(Cl)c1)cn2C1CC1. The number of rotatable bonds is 5. The van der Waals surface area contributed by atoms with E-state index in [9.17, 15) is 18.0 Å². The van der Waals surface area contributed by atoms with Gasteiger partial charge in [-0.1, -0.05) is 22.8 Å². The molecule has 2 aliphatic carbocycles. The Balaban J connectivity index is 1.21. The number of nitrogen functional groups attached to an aromatic ring is 1. The van der Waals surface area contributed by atoms with Crippen LogP contribution in [0.1, 0.15) is 37.4 Å². The van der Waals surface area contributed by atoms with Crippen LogP contribution in [0, 0.1) is 0 Å². The maximum Gasteiger partial charge on any atom is 0.400 e. The molecule has 1 aromatic carbocycles. The lowest BCUT2D eigenvalue weighted by Gasteiger charge is -2.15. The molecule has 0 aliphatic heterocycles. The fourth-order valence-electron chi connectivity index (χ4n) is 4.38. The van der Waals surface area contributed by atoms with E-state index in [4.69, 9.17) is 21.9 Å². The molecule has 186 valence electrons. The van der Waals surface area contributed by atoms with Crippen LogP contribution in [0.4, 0.5) is 35.4 Å². The number of benzene rings is 1. The molecular formula is C23H19ClF3N7O2. The predicted molar refractivity (Wildman–Crippen MR) is 127 cm³/mol. The molecule has 9 nitrogen and oxygen atoms in total. The summed E-state index contributed by atoms with van der Waals surface area (Å²) in [4.78, 5) is 21.0. The second-order valence-electron chi connectivity index (χ2n) is 9.07. The van der Waals surface area contributed by atoms with Gasteiger partial charge in [-0.05, 0) is 43.4 Å². The van der Waals surface area contributed by atoms with E-state index in [-0.39, 0.29) is 29.4 Å². The number of carbonyl (C=O) groups is 1. The molecule has 3 heterocycles. The summed E-state index contributed by atoms with van der Waals surface area (Å²) in [5, 5.41) is 9.40. The Hall–Kier alpha value is -3.80. The highest BCUT2D eigenvalue weighted by Crippen LogP contribution is 2.58. The Morgan fingerprint density at radius 3 is 2.64 bits per heavy atom. The number of aromatic nitrogens is 4. The van der Waals surface area contributed by atoms with Gasteiger partial charge in [-0.15, -0.1) is 0 Å². The number of nitrogens with zero attached hydrogens (tertiary/aromatic N) is 4. The van der Waals surface area contributed by atoms with E-state index >= 15 is 0 Å². The smallest absolute Gasteiger partial charge is 0.383 e. The quantitative estimate of drug-likeness (QED) is 0.303. The molecule has 6 rings (SSSR count). The highest BCUT2D eigenvalue weighted by molar-refractivity contribution is 6.34. The summed E-state index contributed by atoms with van der Waals surface area (Å²) in [7, 11) is 0. The van der Waals surface area contributed by atoms with Crippen molar-refractivity contribution in [2.75, 3.05) is 16.4 Å². The molecule has 4 aromatic rings. The largest absolute Gasteiger partial charge is 0.400 e. The average molecular weight is 518 g/mol. The number of amides is 2. The van der Waals surface area contributed by atoms with E-state index < -0.39 is 17.6 Å². The van der Waals surface area contributed by atoms with Gasteiger partial charge in [-0.3, -0.25) is 5.32 Å². The Morgan fingerprint density at radius 1 is 1.19 bits per heavy atom. The third-order valence-corrected chi connectivity index (χ3v) is 6.95. The lowest BCUT2D eigenvalue weighted by Crippen LogP contribution is -2.28. The minimum absolute atomic E-state index is 0.0618. The summed E-state index contributed by atoms with van der Waals surface area (Å²) in [5.41, 5.74) is 6.54. The third kappa shape index (κ3) is 3.72. The molecule has 0 bridgehead atoms. The number of halogens is 4. The Labute approximate surface area is 206 Å². The topological polar surface area (TPSA) is 124 Å². The molecule has 2 saturated carbocycles. The number of hydrogen-bond acceptors (Lipinski definition) is 6. The van der Waals surface area contributed by atoms with Gasteiger partial charge in [-0.25, -0.2) is 14.8 Å². The summed E-state index contributed by atoms with van der Waals surface area (Å²) >= 11 is 6.45. The van der Waals surface area contributed by atoms with Crippen LogP contribution in [0.5, 0.6) is 0 Å². The molecule has 0 atom stereocenters. The average Bonchev–Trinajstić information content (AvgIpc) is 3.74. The molecule has 36 heavy (non-hydrogen) atoms. The zero-order chi connectivity index (χ0) is 25.2. The number of hydrogen-bond donors (Lipinski definition) is 3. The van der Waals surface area contributed by atoms with Gasteiger partial charge in [0, 0.05) is 23.9 Å². The number of urea groups is 1. The van der Waals surface area contributed by atoms with Crippen LogP contribution in [-0.2, 0) is 5.41 Å². The van der Waals surface area contributed by atoms with Gasteiger partial charge in [0.05, 0.1) is 16.1 Å². The summed E-state index contributed by atoms with van der Waals surface area (Å²) in [5.74, 6) is 0.158. The van der Waals surface area contributed by atoms with E-state index in [0.29, 0.717) is 17.5 Å². The molecular weight excluding hydrogens is 499 g/mol. The van der Waals surface area contributed by atoms with Crippen molar-refractivity contribution in [3.63, 3.8) is 0 Å². The summed E-state index contributed by atoms with van der Waals surface area (Å²) in [6.45, 7) is 0. The molecule has 3 aromatic heterocycles. The summed E-state index contributed by atoms with van der Waals surface area (Å²) in [6.07, 6.45) is 0.991. The minimum Gasteiger partial charge on any atom is -0.383 e. The van der Waals surface area contributed by atoms with Crippen LogP contribution in [0.3, 0.4) is 0 Å². The lowest BCUT2D eigenvalue weighted by atomic mass is 10.0. The minimum atomic E-state index is -4.43. The zero-order valence-corrected chi connectivity index (χ0v) is 19.3. The molecule has 2 fully saturated rings. The van der Waals surface area contributed by atoms with E-state index in [0.717, 1.165) is 41.1 Å². The molecule has 2 aliphatic rings. The van der Waals surface area contributed by atoms with E-state index in [1.54, 1.807) is 18.2 Å². The first-order chi connectivity index (χ1) is 17.2. The van der Waals surface area contributed by atoms with E-state index in [2.05, 4.69) is 30.3 Å². The maximum absolute atomic E-state index is 13.3. The van der Waals surface area contributed by atoms with Crippen molar-refractivity contribution in [2.24, 2.45) is 0 Å². The molecule has 13 heteroatoms. The fraction of sp³-hybridized carbons (Fsp3) is 0.304. The molecule has 2 amide bonds. The van der Waals surface area contributed by atoms with Gasteiger partial charge in [0.25, 0.3) is 0 Å². The van der Waals surface area contributed by atoms with Crippen molar-refractivity contribution < 1.29 is 22.5 Å². The van der Waals surface area contributed by atoms with Crippen molar-refractivity contribution >= 4 is 46.1 Å².